The zero-order valence-electron chi connectivity index (χ0n) is 6.67. The summed E-state index contributed by atoms with van der Waals surface area (Å²) in [7, 11) is 0. The van der Waals surface area contributed by atoms with Crippen molar-refractivity contribution < 1.29 is 8.78 Å². The van der Waals surface area contributed by atoms with Crippen molar-refractivity contribution in [1.29, 1.82) is 0 Å². The molecule has 2 N–H and O–H groups in total. The Kier molecular flexibility index (Phi) is 2.70. The van der Waals surface area contributed by atoms with Gasteiger partial charge in [-0.15, -0.1) is 0 Å². The summed E-state index contributed by atoms with van der Waals surface area (Å²) in [5.74, 6) is 0. The molecule has 0 fully saturated rings. The van der Waals surface area contributed by atoms with Crippen LogP contribution in [-0.4, -0.2) is 4.98 Å². The summed E-state index contributed by atoms with van der Waals surface area (Å²) < 4.78 is 24.1. The molecule has 2 nitrogen and oxygen atoms in total. The molecule has 0 saturated heterocycles. The van der Waals surface area contributed by atoms with Crippen molar-refractivity contribution in [2.75, 3.05) is 0 Å². The Hall–Kier alpha value is -1.03. The molecule has 0 aromatic carbocycles. The van der Waals surface area contributed by atoms with E-state index in [0.29, 0.717) is 5.69 Å². The van der Waals surface area contributed by atoms with E-state index in [1.54, 1.807) is 6.92 Å². The predicted molar refractivity (Wildman–Crippen MR) is 41.8 cm³/mol. The Balaban J connectivity index is 2.86. The van der Waals surface area contributed by atoms with Gasteiger partial charge in [0.1, 0.15) is 0 Å². The molecule has 0 spiro atoms. The number of nitrogens with zero attached hydrogens (tertiary/aromatic N) is 1. The number of halogens is 2. The average molecular weight is 172 g/mol. The predicted octanol–water partition coefficient (Wildman–Crippen LogP) is 2.04. The maximum Gasteiger partial charge on any atom is 0.265 e. The van der Waals surface area contributed by atoms with E-state index in [1.165, 1.54) is 12.1 Å². The summed E-state index contributed by atoms with van der Waals surface area (Å²) in [6.07, 6.45) is -1.30. The van der Waals surface area contributed by atoms with Crippen LogP contribution in [0.15, 0.2) is 18.3 Å². The number of alkyl halides is 2. The van der Waals surface area contributed by atoms with Crippen LogP contribution in [0.1, 0.15) is 30.6 Å². The van der Waals surface area contributed by atoms with Crippen LogP contribution in [0.3, 0.4) is 0 Å². The second-order valence-electron chi connectivity index (χ2n) is 2.61. The molecule has 4 heteroatoms. The van der Waals surface area contributed by atoms with Crippen molar-refractivity contribution in [3.05, 3.63) is 29.6 Å². The summed E-state index contributed by atoms with van der Waals surface area (Å²) in [4.78, 5) is 3.79. The molecule has 0 radical (unpaired) electrons. The van der Waals surface area contributed by atoms with E-state index in [1.807, 2.05) is 0 Å². The standard InChI is InChI=1S/C8H10F2N2/c1-5(11)7-3-2-6(4-12-7)8(9)10/h2-5,8H,11H2,1H3/t5-/m1/s1. The topological polar surface area (TPSA) is 38.9 Å². The van der Waals surface area contributed by atoms with Crippen LogP contribution in [0, 0.1) is 0 Å². The van der Waals surface area contributed by atoms with Crippen molar-refractivity contribution in [3.8, 4) is 0 Å². The van der Waals surface area contributed by atoms with Gasteiger partial charge in [0.05, 0.1) is 5.69 Å². The van der Waals surface area contributed by atoms with Crippen molar-refractivity contribution in [1.82, 2.24) is 4.98 Å². The molecule has 0 amide bonds. The SMILES string of the molecule is C[C@@H](N)c1ccc(C(F)F)cn1. The van der Waals surface area contributed by atoms with Crippen LogP contribution < -0.4 is 5.73 Å². The second kappa shape index (κ2) is 3.58. The van der Waals surface area contributed by atoms with Crippen LogP contribution in [-0.2, 0) is 0 Å². The first-order chi connectivity index (χ1) is 5.61. The molecule has 66 valence electrons. The van der Waals surface area contributed by atoms with Gasteiger partial charge in [-0.25, -0.2) is 8.78 Å². The molecular formula is C8H10F2N2. The lowest BCUT2D eigenvalue weighted by Crippen LogP contribution is -2.07. The van der Waals surface area contributed by atoms with Crippen molar-refractivity contribution >= 4 is 0 Å². The first-order valence-electron chi connectivity index (χ1n) is 3.61. The number of rotatable bonds is 2. The molecule has 0 unspecified atom stereocenters. The van der Waals surface area contributed by atoms with Gasteiger partial charge in [0.15, 0.2) is 0 Å². The van der Waals surface area contributed by atoms with E-state index in [2.05, 4.69) is 4.98 Å². The molecule has 0 bridgehead atoms. The monoisotopic (exact) mass is 172 g/mol. The molecule has 1 aromatic rings. The first-order valence-corrected chi connectivity index (χ1v) is 3.61. The van der Waals surface area contributed by atoms with E-state index in [0.717, 1.165) is 6.20 Å². The van der Waals surface area contributed by atoms with Crippen LogP contribution in [0.2, 0.25) is 0 Å². The lowest BCUT2D eigenvalue weighted by atomic mass is 10.2. The quantitative estimate of drug-likeness (QED) is 0.741. The second-order valence-corrected chi connectivity index (χ2v) is 2.61. The third kappa shape index (κ3) is 1.98. The van der Waals surface area contributed by atoms with E-state index in [4.69, 9.17) is 5.73 Å². The highest BCUT2D eigenvalue weighted by molar-refractivity contribution is 5.16. The molecule has 0 aliphatic rings. The number of hydrogen-bond donors (Lipinski definition) is 1. The van der Waals surface area contributed by atoms with Crippen molar-refractivity contribution in [3.63, 3.8) is 0 Å². The highest BCUT2D eigenvalue weighted by Crippen LogP contribution is 2.18. The summed E-state index contributed by atoms with van der Waals surface area (Å²) in [5, 5.41) is 0. The zero-order valence-corrected chi connectivity index (χ0v) is 6.67. The summed E-state index contributed by atoms with van der Waals surface area (Å²) in [5.41, 5.74) is 6.04. The van der Waals surface area contributed by atoms with Crippen molar-refractivity contribution in [2.45, 2.75) is 19.4 Å². The molecule has 1 rings (SSSR count). The Labute approximate surface area is 69.4 Å². The molecule has 1 atom stereocenters. The van der Waals surface area contributed by atoms with E-state index in [-0.39, 0.29) is 11.6 Å². The molecule has 0 aliphatic carbocycles. The molecule has 0 aliphatic heterocycles. The highest BCUT2D eigenvalue weighted by Gasteiger charge is 2.07. The molecule has 1 aromatic heterocycles. The zero-order chi connectivity index (χ0) is 9.14. The largest absolute Gasteiger partial charge is 0.323 e. The first kappa shape index (κ1) is 9.06. The number of aromatic nitrogens is 1. The van der Waals surface area contributed by atoms with Gasteiger partial charge in [-0.05, 0) is 19.1 Å². The number of pyridine rings is 1. The van der Waals surface area contributed by atoms with Gasteiger partial charge in [0, 0.05) is 17.8 Å². The smallest absolute Gasteiger partial charge is 0.265 e. The van der Waals surface area contributed by atoms with E-state index >= 15 is 0 Å². The average Bonchev–Trinajstić information content (AvgIpc) is 2.04. The molecular weight excluding hydrogens is 162 g/mol. The molecule has 12 heavy (non-hydrogen) atoms. The fourth-order valence-corrected chi connectivity index (χ4v) is 0.815. The van der Waals surface area contributed by atoms with Crippen LogP contribution in [0.25, 0.3) is 0 Å². The van der Waals surface area contributed by atoms with E-state index < -0.39 is 6.43 Å². The lowest BCUT2D eigenvalue weighted by molar-refractivity contribution is 0.151. The molecule has 1 heterocycles. The van der Waals surface area contributed by atoms with Gasteiger partial charge in [-0.1, -0.05) is 0 Å². The number of nitrogens with two attached hydrogens (primary N) is 1. The van der Waals surface area contributed by atoms with Crippen molar-refractivity contribution in [2.24, 2.45) is 5.73 Å². The Morgan fingerprint density at radius 1 is 1.42 bits per heavy atom. The van der Waals surface area contributed by atoms with Gasteiger partial charge < -0.3 is 5.73 Å². The van der Waals surface area contributed by atoms with Gasteiger partial charge >= 0.3 is 0 Å². The summed E-state index contributed by atoms with van der Waals surface area (Å²) in [6.45, 7) is 1.75. The normalized spacial score (nSPS) is 13.4. The maximum atomic E-state index is 12.0. The number of hydrogen-bond acceptors (Lipinski definition) is 2. The third-order valence-electron chi connectivity index (χ3n) is 1.53. The minimum absolute atomic E-state index is 0.0700. The Morgan fingerprint density at radius 3 is 2.42 bits per heavy atom. The van der Waals surface area contributed by atoms with E-state index in [9.17, 15) is 8.78 Å². The minimum atomic E-state index is -2.46. The minimum Gasteiger partial charge on any atom is -0.323 e. The fraction of sp³-hybridized carbons (Fsp3) is 0.375. The van der Waals surface area contributed by atoms with Gasteiger partial charge in [-0.3, -0.25) is 4.98 Å². The summed E-state index contributed by atoms with van der Waals surface area (Å²) in [6, 6.07) is 2.65. The maximum absolute atomic E-state index is 12.0. The summed E-state index contributed by atoms with van der Waals surface area (Å²) >= 11 is 0. The van der Waals surface area contributed by atoms with Gasteiger partial charge in [0.2, 0.25) is 0 Å². The molecule has 0 saturated carbocycles. The van der Waals surface area contributed by atoms with Crippen LogP contribution in [0.4, 0.5) is 8.78 Å². The van der Waals surface area contributed by atoms with Crippen LogP contribution in [0.5, 0.6) is 0 Å². The lowest BCUT2D eigenvalue weighted by Gasteiger charge is -2.04. The Bertz CT molecular complexity index is 217. The third-order valence-corrected chi connectivity index (χ3v) is 1.53. The van der Waals surface area contributed by atoms with Gasteiger partial charge in [-0.2, -0.15) is 0 Å². The Morgan fingerprint density at radius 2 is 2.08 bits per heavy atom. The van der Waals surface area contributed by atoms with Crippen LogP contribution >= 0.6 is 0 Å². The van der Waals surface area contributed by atoms with Gasteiger partial charge in [0.25, 0.3) is 6.43 Å². The fourth-order valence-electron chi connectivity index (χ4n) is 0.815. The highest BCUT2D eigenvalue weighted by atomic mass is 19.3.